The van der Waals surface area contributed by atoms with Crippen molar-refractivity contribution in [3.05, 3.63) is 59.7 Å². The van der Waals surface area contributed by atoms with E-state index < -0.39 is 0 Å². The van der Waals surface area contributed by atoms with Gasteiger partial charge >= 0.3 is 0 Å². The SMILES string of the molecule is CCOc1ccccc1NC(=O)C(C)N1CCN(Cc2ccccc2C)CC1. The molecule has 1 N–H and O–H groups in total. The smallest absolute Gasteiger partial charge is 0.241 e. The zero-order valence-corrected chi connectivity index (χ0v) is 17.1. The summed E-state index contributed by atoms with van der Waals surface area (Å²) in [4.78, 5) is 17.5. The van der Waals surface area contributed by atoms with Gasteiger partial charge in [0.1, 0.15) is 5.75 Å². The lowest BCUT2D eigenvalue weighted by atomic mass is 10.1. The molecule has 3 rings (SSSR count). The number of carbonyl (C=O) groups excluding carboxylic acids is 1. The molecule has 1 atom stereocenters. The van der Waals surface area contributed by atoms with Gasteiger partial charge in [0.15, 0.2) is 0 Å². The summed E-state index contributed by atoms with van der Waals surface area (Å²) in [5.41, 5.74) is 3.46. The molecule has 1 amide bonds. The van der Waals surface area contributed by atoms with E-state index in [9.17, 15) is 4.79 Å². The summed E-state index contributed by atoms with van der Waals surface area (Å²) in [5.74, 6) is 0.730. The highest BCUT2D eigenvalue weighted by Crippen LogP contribution is 2.24. The number of anilines is 1. The van der Waals surface area contributed by atoms with Crippen LogP contribution in [0, 0.1) is 6.92 Å². The maximum absolute atomic E-state index is 12.8. The standard InChI is InChI=1S/C23H31N3O2/c1-4-28-22-12-8-7-11-21(22)24-23(27)19(3)26-15-13-25(14-16-26)17-20-10-6-5-9-18(20)2/h5-12,19H,4,13-17H2,1-3H3,(H,24,27). The van der Waals surface area contributed by atoms with Gasteiger partial charge in [0, 0.05) is 32.7 Å². The Bertz CT molecular complexity index is 785. The quantitative estimate of drug-likeness (QED) is 0.797. The first-order valence-electron chi connectivity index (χ1n) is 10.1. The van der Waals surface area contributed by atoms with Crippen molar-refractivity contribution in [1.29, 1.82) is 0 Å². The van der Waals surface area contributed by atoms with Crippen LogP contribution < -0.4 is 10.1 Å². The number of para-hydroxylation sites is 2. The molecular weight excluding hydrogens is 350 g/mol. The number of aryl methyl sites for hydroxylation is 1. The van der Waals surface area contributed by atoms with Gasteiger partial charge in [-0.2, -0.15) is 0 Å². The highest BCUT2D eigenvalue weighted by Gasteiger charge is 2.26. The molecule has 2 aromatic rings. The maximum Gasteiger partial charge on any atom is 0.241 e. The number of nitrogens with zero attached hydrogens (tertiary/aromatic N) is 2. The van der Waals surface area contributed by atoms with E-state index >= 15 is 0 Å². The van der Waals surface area contributed by atoms with Crippen LogP contribution >= 0.6 is 0 Å². The fraction of sp³-hybridized carbons (Fsp3) is 0.435. The Morgan fingerprint density at radius 3 is 2.46 bits per heavy atom. The van der Waals surface area contributed by atoms with Gasteiger partial charge in [0.2, 0.25) is 5.91 Å². The molecule has 0 aromatic heterocycles. The van der Waals surface area contributed by atoms with Crippen molar-refractivity contribution in [2.75, 3.05) is 38.1 Å². The van der Waals surface area contributed by atoms with Crippen molar-refractivity contribution in [2.24, 2.45) is 0 Å². The van der Waals surface area contributed by atoms with Crippen LogP contribution in [0.2, 0.25) is 0 Å². The molecule has 2 aromatic carbocycles. The van der Waals surface area contributed by atoms with E-state index in [4.69, 9.17) is 4.74 Å². The fourth-order valence-electron chi connectivity index (χ4n) is 3.59. The second-order valence-corrected chi connectivity index (χ2v) is 7.33. The largest absolute Gasteiger partial charge is 0.492 e. The van der Waals surface area contributed by atoms with E-state index in [1.54, 1.807) is 0 Å². The van der Waals surface area contributed by atoms with Crippen molar-refractivity contribution >= 4 is 11.6 Å². The highest BCUT2D eigenvalue weighted by molar-refractivity contribution is 5.95. The predicted molar refractivity (Wildman–Crippen MR) is 114 cm³/mol. The minimum Gasteiger partial charge on any atom is -0.492 e. The summed E-state index contributed by atoms with van der Waals surface area (Å²) >= 11 is 0. The third-order valence-corrected chi connectivity index (χ3v) is 5.43. The van der Waals surface area contributed by atoms with E-state index in [-0.39, 0.29) is 11.9 Å². The molecule has 150 valence electrons. The number of ether oxygens (including phenoxy) is 1. The van der Waals surface area contributed by atoms with E-state index in [0.717, 1.165) is 38.4 Å². The predicted octanol–water partition coefficient (Wildman–Crippen LogP) is 3.54. The zero-order valence-electron chi connectivity index (χ0n) is 17.1. The van der Waals surface area contributed by atoms with Crippen molar-refractivity contribution in [3.8, 4) is 5.75 Å². The van der Waals surface area contributed by atoms with Crippen molar-refractivity contribution in [1.82, 2.24) is 9.80 Å². The summed E-state index contributed by atoms with van der Waals surface area (Å²) < 4.78 is 5.61. The molecular formula is C23H31N3O2. The van der Waals surface area contributed by atoms with Crippen LogP contribution in [0.5, 0.6) is 5.75 Å². The van der Waals surface area contributed by atoms with E-state index in [0.29, 0.717) is 12.4 Å². The summed E-state index contributed by atoms with van der Waals surface area (Å²) in [6.45, 7) is 11.4. The molecule has 0 spiro atoms. The second kappa shape index (κ2) is 9.71. The van der Waals surface area contributed by atoms with Gasteiger partial charge in [-0.05, 0) is 44.0 Å². The third kappa shape index (κ3) is 5.12. The minimum absolute atomic E-state index is 0.0134. The second-order valence-electron chi connectivity index (χ2n) is 7.33. The zero-order chi connectivity index (χ0) is 19.9. The van der Waals surface area contributed by atoms with E-state index in [1.165, 1.54) is 11.1 Å². The Hall–Kier alpha value is -2.37. The van der Waals surface area contributed by atoms with Crippen LogP contribution in [0.4, 0.5) is 5.69 Å². The Balaban J connectivity index is 1.53. The summed E-state index contributed by atoms with van der Waals surface area (Å²) in [5, 5.41) is 3.03. The number of benzene rings is 2. The molecule has 1 saturated heterocycles. The number of carbonyl (C=O) groups is 1. The fourth-order valence-corrected chi connectivity index (χ4v) is 3.59. The molecule has 1 unspecified atom stereocenters. The van der Waals surface area contributed by atoms with Crippen LogP contribution in [0.3, 0.4) is 0 Å². The molecule has 0 bridgehead atoms. The number of rotatable bonds is 7. The van der Waals surface area contributed by atoms with Crippen molar-refractivity contribution in [2.45, 2.75) is 33.4 Å². The van der Waals surface area contributed by atoms with Crippen molar-refractivity contribution < 1.29 is 9.53 Å². The molecule has 1 aliphatic heterocycles. The van der Waals surface area contributed by atoms with Gasteiger partial charge in [-0.15, -0.1) is 0 Å². The molecule has 1 heterocycles. The maximum atomic E-state index is 12.8. The monoisotopic (exact) mass is 381 g/mol. The third-order valence-electron chi connectivity index (χ3n) is 5.43. The van der Waals surface area contributed by atoms with Crippen LogP contribution in [0.25, 0.3) is 0 Å². The molecule has 28 heavy (non-hydrogen) atoms. The first-order chi connectivity index (χ1) is 13.6. The number of hydrogen-bond acceptors (Lipinski definition) is 4. The first kappa shape index (κ1) is 20.4. The van der Waals surface area contributed by atoms with Gasteiger partial charge in [-0.25, -0.2) is 0 Å². The minimum atomic E-state index is -0.171. The Kier molecular flexibility index (Phi) is 7.06. The van der Waals surface area contributed by atoms with E-state index in [2.05, 4.69) is 46.3 Å². The lowest BCUT2D eigenvalue weighted by molar-refractivity contribution is -0.121. The first-order valence-corrected chi connectivity index (χ1v) is 10.1. The topological polar surface area (TPSA) is 44.8 Å². The number of hydrogen-bond donors (Lipinski definition) is 1. The van der Waals surface area contributed by atoms with Crippen LogP contribution in [-0.2, 0) is 11.3 Å². The van der Waals surface area contributed by atoms with Gasteiger partial charge in [-0.3, -0.25) is 14.6 Å². The molecule has 5 heteroatoms. The molecule has 1 fully saturated rings. The number of piperazine rings is 1. The molecule has 1 aliphatic rings. The average Bonchev–Trinajstić information content (AvgIpc) is 2.71. The van der Waals surface area contributed by atoms with E-state index in [1.807, 2.05) is 38.1 Å². The average molecular weight is 382 g/mol. The number of amides is 1. The van der Waals surface area contributed by atoms with Gasteiger partial charge in [-0.1, -0.05) is 36.4 Å². The lowest BCUT2D eigenvalue weighted by Gasteiger charge is -2.37. The normalized spacial score (nSPS) is 16.5. The highest BCUT2D eigenvalue weighted by atomic mass is 16.5. The number of nitrogens with one attached hydrogen (secondary N) is 1. The Morgan fingerprint density at radius 1 is 1.07 bits per heavy atom. The van der Waals surface area contributed by atoms with Crippen LogP contribution in [-0.4, -0.2) is 54.5 Å². The summed E-state index contributed by atoms with van der Waals surface area (Å²) in [7, 11) is 0. The summed E-state index contributed by atoms with van der Waals surface area (Å²) in [6.07, 6.45) is 0. The molecule has 0 radical (unpaired) electrons. The van der Waals surface area contributed by atoms with Crippen molar-refractivity contribution in [3.63, 3.8) is 0 Å². The van der Waals surface area contributed by atoms with Crippen LogP contribution in [0.1, 0.15) is 25.0 Å². The molecule has 5 nitrogen and oxygen atoms in total. The van der Waals surface area contributed by atoms with Gasteiger partial charge in [0.25, 0.3) is 0 Å². The lowest BCUT2D eigenvalue weighted by Crippen LogP contribution is -2.52. The summed E-state index contributed by atoms with van der Waals surface area (Å²) in [6, 6.07) is 16.0. The molecule has 0 aliphatic carbocycles. The van der Waals surface area contributed by atoms with Gasteiger partial charge < -0.3 is 10.1 Å². The Labute approximate surface area is 168 Å². The van der Waals surface area contributed by atoms with Crippen LogP contribution in [0.15, 0.2) is 48.5 Å². The molecule has 0 saturated carbocycles. The van der Waals surface area contributed by atoms with Gasteiger partial charge in [0.05, 0.1) is 18.3 Å². The Morgan fingerprint density at radius 2 is 1.75 bits per heavy atom.